The summed E-state index contributed by atoms with van der Waals surface area (Å²) in [6.45, 7) is 4.16. The Morgan fingerprint density at radius 1 is 1.05 bits per heavy atom. The van der Waals surface area contributed by atoms with Crippen LogP contribution in [-0.4, -0.2) is 5.11 Å². The van der Waals surface area contributed by atoms with Gasteiger partial charge in [-0.1, -0.05) is 35.4 Å². The molecule has 2 aromatic rings. The lowest BCUT2D eigenvalue weighted by atomic mass is 10.1. The zero-order chi connectivity index (χ0) is 14.5. The molecule has 0 atom stereocenters. The first-order valence-electron chi connectivity index (χ1n) is 6.46. The van der Waals surface area contributed by atoms with Crippen LogP contribution in [0.3, 0.4) is 0 Å². The van der Waals surface area contributed by atoms with Crippen molar-refractivity contribution in [3.63, 3.8) is 0 Å². The minimum atomic E-state index is -0.0311. The van der Waals surface area contributed by atoms with Gasteiger partial charge in [0.1, 0.15) is 6.07 Å². The molecule has 0 bridgehead atoms. The Morgan fingerprint density at radius 2 is 1.75 bits per heavy atom. The van der Waals surface area contributed by atoms with E-state index in [4.69, 9.17) is 5.11 Å². The molecule has 0 aliphatic rings. The fourth-order valence-corrected chi connectivity index (χ4v) is 3.12. The summed E-state index contributed by atoms with van der Waals surface area (Å²) in [6.07, 6.45) is 0. The van der Waals surface area contributed by atoms with E-state index >= 15 is 0 Å². The molecule has 0 heterocycles. The van der Waals surface area contributed by atoms with Crippen molar-refractivity contribution in [1.82, 2.24) is 0 Å². The first kappa shape index (κ1) is 14.6. The Balaban J connectivity index is 2.16. The second-order valence-electron chi connectivity index (χ2n) is 4.89. The molecule has 0 saturated carbocycles. The molecule has 0 unspecified atom stereocenters. The number of aryl methyl sites for hydroxylation is 2. The maximum absolute atomic E-state index is 9.18. The predicted molar refractivity (Wildman–Crippen MR) is 82.6 cm³/mol. The Morgan fingerprint density at radius 3 is 2.35 bits per heavy atom. The number of hydrogen-bond acceptors (Lipinski definition) is 3. The van der Waals surface area contributed by atoms with Gasteiger partial charge in [0.05, 0.1) is 12.2 Å². The number of benzene rings is 2. The summed E-state index contributed by atoms with van der Waals surface area (Å²) in [5.74, 6) is 0.843. The van der Waals surface area contributed by atoms with Crippen LogP contribution >= 0.6 is 11.8 Å². The highest BCUT2D eigenvalue weighted by molar-refractivity contribution is 7.98. The Bertz CT molecular complexity index is 638. The molecule has 1 N–H and O–H groups in total. The highest BCUT2D eigenvalue weighted by Gasteiger charge is 2.05. The van der Waals surface area contributed by atoms with E-state index in [1.54, 1.807) is 17.8 Å². The average Bonchev–Trinajstić information content (AvgIpc) is 2.44. The smallest absolute Gasteiger partial charge is 0.100 e. The summed E-state index contributed by atoms with van der Waals surface area (Å²) >= 11 is 1.66. The third-order valence-electron chi connectivity index (χ3n) is 3.02. The molecule has 2 nitrogen and oxygen atoms in total. The van der Waals surface area contributed by atoms with Crippen molar-refractivity contribution in [3.05, 3.63) is 64.2 Å². The van der Waals surface area contributed by atoms with Gasteiger partial charge in [-0.15, -0.1) is 11.8 Å². The molecule has 0 saturated heterocycles. The Hall–Kier alpha value is -1.76. The second-order valence-corrected chi connectivity index (χ2v) is 5.90. The van der Waals surface area contributed by atoms with Crippen LogP contribution < -0.4 is 0 Å². The van der Waals surface area contributed by atoms with E-state index in [2.05, 4.69) is 38.1 Å². The zero-order valence-electron chi connectivity index (χ0n) is 11.7. The van der Waals surface area contributed by atoms with Crippen molar-refractivity contribution in [3.8, 4) is 6.07 Å². The number of hydrogen-bond donors (Lipinski definition) is 1. The molecule has 0 amide bonds. The van der Waals surface area contributed by atoms with Crippen molar-refractivity contribution in [1.29, 1.82) is 5.26 Å². The normalized spacial score (nSPS) is 10.3. The molecular formula is C17H17NOS. The fourth-order valence-electron chi connectivity index (χ4n) is 2.20. The third kappa shape index (κ3) is 3.63. The fraction of sp³-hybridized carbons (Fsp3) is 0.235. The lowest BCUT2D eigenvalue weighted by Gasteiger charge is -2.07. The van der Waals surface area contributed by atoms with Crippen LogP contribution in [0.5, 0.6) is 0 Å². The summed E-state index contributed by atoms with van der Waals surface area (Å²) in [7, 11) is 0. The summed E-state index contributed by atoms with van der Waals surface area (Å²) in [5, 5.41) is 18.3. The molecule has 20 heavy (non-hydrogen) atoms. The van der Waals surface area contributed by atoms with Gasteiger partial charge in [-0.3, -0.25) is 0 Å². The largest absolute Gasteiger partial charge is 0.392 e. The van der Waals surface area contributed by atoms with Crippen LogP contribution in [0.4, 0.5) is 0 Å². The lowest BCUT2D eigenvalue weighted by Crippen LogP contribution is -1.89. The monoisotopic (exact) mass is 283 g/mol. The minimum Gasteiger partial charge on any atom is -0.392 e. The molecule has 0 aliphatic heterocycles. The van der Waals surface area contributed by atoms with Crippen molar-refractivity contribution >= 4 is 11.8 Å². The zero-order valence-corrected chi connectivity index (χ0v) is 12.5. The van der Waals surface area contributed by atoms with E-state index in [0.29, 0.717) is 5.56 Å². The summed E-state index contributed by atoms with van der Waals surface area (Å²) in [5.41, 5.74) is 5.19. The first-order chi connectivity index (χ1) is 9.62. The highest BCUT2D eigenvalue weighted by atomic mass is 32.2. The number of thioether (sulfide) groups is 1. The molecule has 2 rings (SSSR count). The lowest BCUT2D eigenvalue weighted by molar-refractivity contribution is 0.281. The van der Waals surface area contributed by atoms with Crippen LogP contribution in [0.1, 0.15) is 27.8 Å². The molecule has 102 valence electrons. The van der Waals surface area contributed by atoms with Crippen molar-refractivity contribution in [2.75, 3.05) is 0 Å². The van der Waals surface area contributed by atoms with Gasteiger partial charge in [-0.25, -0.2) is 0 Å². The SMILES string of the molecule is Cc1cc(C)cc(CSc2ccc(CO)cc2C#N)c1. The predicted octanol–water partition coefficient (Wildman–Crippen LogP) is 3.96. The number of aliphatic hydroxyl groups is 1. The standard InChI is InChI=1S/C17H17NOS/c1-12-5-13(2)7-15(6-12)11-20-17-4-3-14(10-19)8-16(17)9-18/h3-8,19H,10-11H2,1-2H3. The van der Waals surface area contributed by atoms with Gasteiger partial charge >= 0.3 is 0 Å². The topological polar surface area (TPSA) is 44.0 Å². The molecular weight excluding hydrogens is 266 g/mol. The van der Waals surface area contributed by atoms with E-state index in [1.807, 2.05) is 12.1 Å². The van der Waals surface area contributed by atoms with Crippen LogP contribution in [0, 0.1) is 25.2 Å². The van der Waals surface area contributed by atoms with Gasteiger partial charge in [-0.05, 0) is 37.1 Å². The van der Waals surface area contributed by atoms with Crippen molar-refractivity contribution in [2.45, 2.75) is 31.1 Å². The summed E-state index contributed by atoms with van der Waals surface area (Å²) in [6, 6.07) is 14.2. The van der Waals surface area contributed by atoms with Gasteiger partial charge in [-0.2, -0.15) is 5.26 Å². The van der Waals surface area contributed by atoms with Crippen molar-refractivity contribution in [2.24, 2.45) is 0 Å². The van der Waals surface area contributed by atoms with E-state index in [-0.39, 0.29) is 6.61 Å². The quantitative estimate of drug-likeness (QED) is 0.864. The van der Waals surface area contributed by atoms with Crippen LogP contribution in [0.25, 0.3) is 0 Å². The van der Waals surface area contributed by atoms with Gasteiger partial charge in [0.25, 0.3) is 0 Å². The number of rotatable bonds is 4. The maximum atomic E-state index is 9.18. The van der Waals surface area contributed by atoms with Gasteiger partial charge in [0, 0.05) is 10.6 Å². The minimum absolute atomic E-state index is 0.0311. The molecule has 0 spiro atoms. The van der Waals surface area contributed by atoms with Gasteiger partial charge < -0.3 is 5.11 Å². The van der Waals surface area contributed by atoms with E-state index < -0.39 is 0 Å². The maximum Gasteiger partial charge on any atom is 0.100 e. The van der Waals surface area contributed by atoms with E-state index in [9.17, 15) is 5.26 Å². The number of nitrogens with zero attached hydrogens (tertiary/aromatic N) is 1. The van der Waals surface area contributed by atoms with Crippen LogP contribution in [0.15, 0.2) is 41.3 Å². The highest BCUT2D eigenvalue weighted by Crippen LogP contribution is 2.27. The van der Waals surface area contributed by atoms with Crippen LogP contribution in [-0.2, 0) is 12.4 Å². The van der Waals surface area contributed by atoms with E-state index in [1.165, 1.54) is 16.7 Å². The average molecular weight is 283 g/mol. The molecule has 2 aromatic carbocycles. The summed E-state index contributed by atoms with van der Waals surface area (Å²) < 4.78 is 0. The molecule has 0 aromatic heterocycles. The summed E-state index contributed by atoms with van der Waals surface area (Å²) in [4.78, 5) is 0.962. The van der Waals surface area contributed by atoms with Gasteiger partial charge in [0.15, 0.2) is 0 Å². The Kier molecular flexibility index (Phi) is 4.84. The van der Waals surface area contributed by atoms with Crippen molar-refractivity contribution < 1.29 is 5.11 Å². The molecule has 0 radical (unpaired) electrons. The number of aliphatic hydroxyl groups excluding tert-OH is 1. The number of nitriles is 1. The van der Waals surface area contributed by atoms with Gasteiger partial charge in [0.2, 0.25) is 0 Å². The third-order valence-corrected chi connectivity index (χ3v) is 4.17. The molecule has 0 fully saturated rings. The second kappa shape index (κ2) is 6.60. The van der Waals surface area contributed by atoms with E-state index in [0.717, 1.165) is 16.2 Å². The Labute approximate surface area is 124 Å². The molecule has 0 aliphatic carbocycles. The first-order valence-corrected chi connectivity index (χ1v) is 7.45. The molecule has 3 heteroatoms. The van der Waals surface area contributed by atoms with Crippen LogP contribution in [0.2, 0.25) is 0 Å².